The Balaban J connectivity index is 1.43. The van der Waals surface area contributed by atoms with Crippen molar-refractivity contribution in [2.24, 2.45) is 5.92 Å². The Labute approximate surface area is 192 Å². The van der Waals surface area contributed by atoms with Crippen molar-refractivity contribution >= 4 is 17.2 Å². The van der Waals surface area contributed by atoms with Crippen LogP contribution in [0.15, 0.2) is 36.5 Å². The topological polar surface area (TPSA) is 85.2 Å². The fraction of sp³-hybridized carbons (Fsp3) is 0.478. The van der Waals surface area contributed by atoms with E-state index in [1.807, 2.05) is 24.4 Å². The van der Waals surface area contributed by atoms with E-state index < -0.39 is 0 Å². The largest absolute Gasteiger partial charge is 0.375 e. The lowest BCUT2D eigenvalue weighted by molar-refractivity contribution is -0.125. The molecule has 0 saturated heterocycles. The van der Waals surface area contributed by atoms with Gasteiger partial charge in [-0.15, -0.1) is 21.5 Å². The second kappa shape index (κ2) is 10.3. The van der Waals surface area contributed by atoms with E-state index in [0.717, 1.165) is 54.8 Å². The van der Waals surface area contributed by atoms with Gasteiger partial charge in [0.25, 0.3) is 0 Å². The first-order chi connectivity index (χ1) is 15.5. The SMILES string of the molecule is COCC(=O)N[C@@H](c1nnc2n1CCN(Cc1cnc(-c3ccccc3)s1)CC2)C(C)C. The van der Waals surface area contributed by atoms with Gasteiger partial charge in [-0.1, -0.05) is 44.2 Å². The molecule has 1 N–H and O–H groups in total. The number of fused-ring (bicyclic) bond motifs is 1. The van der Waals surface area contributed by atoms with Gasteiger partial charge >= 0.3 is 0 Å². The minimum atomic E-state index is -0.194. The molecule has 0 saturated carbocycles. The smallest absolute Gasteiger partial charge is 0.246 e. The summed E-state index contributed by atoms with van der Waals surface area (Å²) in [5, 5.41) is 13.0. The minimum Gasteiger partial charge on any atom is -0.375 e. The molecule has 8 nitrogen and oxygen atoms in total. The minimum absolute atomic E-state index is 0.0395. The number of aromatic nitrogens is 4. The first-order valence-electron chi connectivity index (χ1n) is 11.0. The highest BCUT2D eigenvalue weighted by Gasteiger charge is 2.27. The van der Waals surface area contributed by atoms with Crippen LogP contribution in [0.2, 0.25) is 0 Å². The number of thiazole rings is 1. The molecule has 1 aliphatic heterocycles. The third-order valence-electron chi connectivity index (χ3n) is 5.64. The highest BCUT2D eigenvalue weighted by molar-refractivity contribution is 7.15. The zero-order valence-electron chi connectivity index (χ0n) is 18.8. The Morgan fingerprint density at radius 2 is 2.00 bits per heavy atom. The van der Waals surface area contributed by atoms with Crippen LogP contribution in [-0.2, 0) is 29.0 Å². The van der Waals surface area contributed by atoms with E-state index in [1.54, 1.807) is 11.3 Å². The molecule has 1 aromatic carbocycles. The summed E-state index contributed by atoms with van der Waals surface area (Å²) in [6, 6.07) is 10.1. The molecule has 3 heterocycles. The molecule has 32 heavy (non-hydrogen) atoms. The summed E-state index contributed by atoms with van der Waals surface area (Å²) in [6.45, 7) is 7.68. The van der Waals surface area contributed by atoms with Crippen LogP contribution in [0.4, 0.5) is 0 Å². The van der Waals surface area contributed by atoms with Gasteiger partial charge in [0.1, 0.15) is 17.4 Å². The summed E-state index contributed by atoms with van der Waals surface area (Å²) in [5.41, 5.74) is 1.16. The van der Waals surface area contributed by atoms with Gasteiger partial charge in [0, 0.05) is 56.3 Å². The molecule has 0 spiro atoms. The van der Waals surface area contributed by atoms with Crippen molar-refractivity contribution in [3.05, 3.63) is 53.1 Å². The average molecular weight is 455 g/mol. The fourth-order valence-electron chi connectivity index (χ4n) is 3.97. The highest BCUT2D eigenvalue weighted by Crippen LogP contribution is 2.27. The molecule has 170 valence electrons. The number of carbonyl (C=O) groups excluding carboxylic acids is 1. The normalized spacial score (nSPS) is 15.4. The van der Waals surface area contributed by atoms with Crippen molar-refractivity contribution in [2.45, 2.75) is 39.4 Å². The third-order valence-corrected chi connectivity index (χ3v) is 6.67. The Bertz CT molecular complexity index is 1030. The number of carbonyl (C=O) groups is 1. The number of benzene rings is 1. The number of methoxy groups -OCH3 is 1. The first-order valence-corrected chi connectivity index (χ1v) is 11.8. The predicted octanol–water partition coefficient (Wildman–Crippen LogP) is 2.92. The quantitative estimate of drug-likeness (QED) is 0.563. The van der Waals surface area contributed by atoms with Crippen molar-refractivity contribution < 1.29 is 9.53 Å². The van der Waals surface area contributed by atoms with E-state index in [0.29, 0.717) is 0 Å². The van der Waals surface area contributed by atoms with E-state index in [2.05, 4.69) is 55.9 Å². The van der Waals surface area contributed by atoms with Crippen LogP contribution in [0.1, 0.15) is 36.4 Å². The molecule has 1 atom stereocenters. The van der Waals surface area contributed by atoms with E-state index in [4.69, 9.17) is 4.74 Å². The molecule has 0 fully saturated rings. The highest BCUT2D eigenvalue weighted by atomic mass is 32.1. The lowest BCUT2D eigenvalue weighted by atomic mass is 10.0. The second-order valence-electron chi connectivity index (χ2n) is 8.37. The number of nitrogens with zero attached hydrogens (tertiary/aromatic N) is 5. The first kappa shape index (κ1) is 22.6. The van der Waals surface area contributed by atoms with Gasteiger partial charge in [0.05, 0.1) is 6.04 Å². The second-order valence-corrected chi connectivity index (χ2v) is 9.49. The maximum absolute atomic E-state index is 12.1. The average Bonchev–Trinajstić information content (AvgIpc) is 3.36. The molecule has 0 aliphatic carbocycles. The standard InChI is InChI=1S/C23H30N6O2S/c1-16(2)21(25-20(30)15-31-3)22-27-26-19-9-10-28(11-12-29(19)22)14-18-13-24-23(32-18)17-7-5-4-6-8-17/h4-8,13,16,21H,9-12,14-15H2,1-3H3,(H,25,30)/t21-/m1/s1. The maximum atomic E-state index is 12.1. The lowest BCUT2D eigenvalue weighted by Crippen LogP contribution is -2.36. The summed E-state index contributed by atoms with van der Waals surface area (Å²) in [4.78, 5) is 20.5. The monoisotopic (exact) mass is 454 g/mol. The zero-order valence-corrected chi connectivity index (χ0v) is 19.6. The van der Waals surface area contributed by atoms with Crippen LogP contribution < -0.4 is 5.32 Å². The van der Waals surface area contributed by atoms with Crippen LogP contribution >= 0.6 is 11.3 Å². The molecule has 0 bridgehead atoms. The molecule has 3 aromatic rings. The summed E-state index contributed by atoms with van der Waals surface area (Å²) >= 11 is 1.75. The lowest BCUT2D eigenvalue weighted by Gasteiger charge is -2.23. The summed E-state index contributed by atoms with van der Waals surface area (Å²) in [7, 11) is 1.52. The molecule has 4 rings (SSSR count). The Morgan fingerprint density at radius 1 is 1.19 bits per heavy atom. The van der Waals surface area contributed by atoms with E-state index in [1.165, 1.54) is 12.0 Å². The Kier molecular flexibility index (Phi) is 7.29. The number of amides is 1. The van der Waals surface area contributed by atoms with Crippen LogP contribution in [0, 0.1) is 5.92 Å². The summed E-state index contributed by atoms with van der Waals surface area (Å²) in [6.07, 6.45) is 2.82. The number of hydrogen-bond donors (Lipinski definition) is 1. The van der Waals surface area contributed by atoms with Crippen molar-refractivity contribution in [3.63, 3.8) is 0 Å². The number of ether oxygens (including phenoxy) is 1. The molecule has 2 aromatic heterocycles. The summed E-state index contributed by atoms with van der Waals surface area (Å²) < 4.78 is 7.15. The molecular formula is C23H30N6O2S. The molecule has 9 heteroatoms. The van der Waals surface area contributed by atoms with Crippen LogP contribution in [-0.4, -0.2) is 57.4 Å². The van der Waals surface area contributed by atoms with Gasteiger partial charge in [-0.05, 0) is 5.92 Å². The Hall–Kier alpha value is -2.62. The van der Waals surface area contributed by atoms with Crippen LogP contribution in [0.3, 0.4) is 0 Å². The van der Waals surface area contributed by atoms with Gasteiger partial charge in [0.15, 0.2) is 5.82 Å². The Morgan fingerprint density at radius 3 is 2.75 bits per heavy atom. The van der Waals surface area contributed by atoms with Crippen LogP contribution in [0.25, 0.3) is 10.6 Å². The van der Waals surface area contributed by atoms with Gasteiger partial charge < -0.3 is 14.6 Å². The number of nitrogens with one attached hydrogen (secondary N) is 1. The van der Waals surface area contributed by atoms with Gasteiger partial charge in [-0.3, -0.25) is 9.69 Å². The van der Waals surface area contributed by atoms with Crippen LogP contribution in [0.5, 0.6) is 0 Å². The van der Waals surface area contributed by atoms with Crippen molar-refractivity contribution in [1.29, 1.82) is 0 Å². The van der Waals surface area contributed by atoms with Crippen molar-refractivity contribution in [1.82, 2.24) is 30.0 Å². The summed E-state index contributed by atoms with van der Waals surface area (Å²) in [5.74, 6) is 1.85. The fourth-order valence-corrected chi connectivity index (χ4v) is 4.93. The molecule has 0 radical (unpaired) electrons. The van der Waals surface area contributed by atoms with E-state index >= 15 is 0 Å². The van der Waals surface area contributed by atoms with Crippen molar-refractivity contribution in [2.75, 3.05) is 26.8 Å². The molecule has 1 amide bonds. The van der Waals surface area contributed by atoms with Gasteiger partial charge in [0.2, 0.25) is 5.91 Å². The predicted molar refractivity (Wildman–Crippen MR) is 124 cm³/mol. The van der Waals surface area contributed by atoms with Gasteiger partial charge in [-0.2, -0.15) is 0 Å². The molecule has 0 unspecified atom stereocenters. The maximum Gasteiger partial charge on any atom is 0.246 e. The third kappa shape index (κ3) is 5.23. The molecular weight excluding hydrogens is 424 g/mol. The number of rotatable bonds is 8. The van der Waals surface area contributed by atoms with Crippen molar-refractivity contribution in [3.8, 4) is 10.6 Å². The van der Waals surface area contributed by atoms with Gasteiger partial charge in [-0.25, -0.2) is 4.98 Å². The van der Waals surface area contributed by atoms with E-state index in [9.17, 15) is 4.79 Å². The molecule has 1 aliphatic rings. The number of hydrogen-bond acceptors (Lipinski definition) is 7. The zero-order chi connectivity index (χ0) is 22.5. The van der Waals surface area contributed by atoms with E-state index in [-0.39, 0.29) is 24.5 Å².